The van der Waals surface area contributed by atoms with Crippen molar-refractivity contribution in [1.29, 1.82) is 0 Å². The highest BCUT2D eigenvalue weighted by Gasteiger charge is 2.30. The summed E-state index contributed by atoms with van der Waals surface area (Å²) in [6.07, 6.45) is 3.61. The molecule has 2 rings (SSSR count). The highest BCUT2D eigenvalue weighted by molar-refractivity contribution is 9.08. The largest absolute Gasteiger partial charge is 0.244 e. The Labute approximate surface area is 98.0 Å². The first-order valence-corrected chi connectivity index (χ1v) is 7.63. The molecule has 1 fully saturated rings. The lowest BCUT2D eigenvalue weighted by Gasteiger charge is -2.06. The smallest absolute Gasteiger partial charge is 0.196 e. The summed E-state index contributed by atoms with van der Waals surface area (Å²) in [6, 6.07) is 3.55. The van der Waals surface area contributed by atoms with Gasteiger partial charge in [-0.25, -0.2) is 13.4 Å². The molecule has 3 nitrogen and oxygen atoms in total. The Morgan fingerprint density at radius 2 is 2.20 bits per heavy atom. The maximum atomic E-state index is 12.0. The number of nitrogens with zero attached hydrogens (tertiary/aromatic N) is 1. The molecule has 1 aromatic heterocycles. The highest BCUT2D eigenvalue weighted by Crippen LogP contribution is 2.32. The van der Waals surface area contributed by atoms with E-state index in [0.29, 0.717) is 11.2 Å². The summed E-state index contributed by atoms with van der Waals surface area (Å²) in [6.45, 7) is 0. The number of hydrogen-bond donors (Lipinski definition) is 0. The minimum Gasteiger partial charge on any atom is -0.244 e. The van der Waals surface area contributed by atoms with Gasteiger partial charge in [0.25, 0.3) is 0 Å². The van der Waals surface area contributed by atoms with Crippen LogP contribution in [0, 0.1) is 5.92 Å². The molecule has 0 bridgehead atoms. The predicted octanol–water partition coefficient (Wildman–Crippen LogP) is 2.16. The molecule has 1 aromatic rings. The molecule has 0 unspecified atom stereocenters. The zero-order chi connectivity index (χ0) is 10.9. The van der Waals surface area contributed by atoms with Crippen molar-refractivity contribution in [2.45, 2.75) is 23.2 Å². The average Bonchev–Trinajstić information content (AvgIpc) is 3.01. The topological polar surface area (TPSA) is 47.0 Å². The van der Waals surface area contributed by atoms with Gasteiger partial charge in [0.05, 0.1) is 5.75 Å². The minimum atomic E-state index is -3.18. The molecule has 0 atom stereocenters. The zero-order valence-corrected chi connectivity index (χ0v) is 10.6. The van der Waals surface area contributed by atoms with Gasteiger partial charge in [0.1, 0.15) is 0 Å². The maximum absolute atomic E-state index is 12.0. The second-order valence-corrected chi connectivity index (χ2v) is 6.34. The van der Waals surface area contributed by atoms with Crippen LogP contribution in [0.5, 0.6) is 0 Å². The van der Waals surface area contributed by atoms with Crippen LogP contribution in [0.2, 0.25) is 0 Å². The normalized spacial score (nSPS) is 16.6. The Kier molecular flexibility index (Phi) is 3.11. The van der Waals surface area contributed by atoms with Gasteiger partial charge in [0, 0.05) is 17.1 Å². The van der Waals surface area contributed by atoms with E-state index in [9.17, 15) is 8.42 Å². The number of hydrogen-bond acceptors (Lipinski definition) is 3. The van der Waals surface area contributed by atoms with E-state index in [-0.39, 0.29) is 10.8 Å². The summed E-state index contributed by atoms with van der Waals surface area (Å²) in [5.41, 5.74) is 0.748. The Morgan fingerprint density at radius 1 is 1.47 bits per heavy atom. The Hall–Kier alpha value is -0.420. The van der Waals surface area contributed by atoms with Crippen LogP contribution in [0.25, 0.3) is 0 Å². The van der Waals surface area contributed by atoms with Gasteiger partial charge in [0.2, 0.25) is 0 Å². The van der Waals surface area contributed by atoms with Crippen LogP contribution in [-0.4, -0.2) is 19.2 Å². The van der Waals surface area contributed by atoms with E-state index in [4.69, 9.17) is 0 Å². The third-order valence-electron chi connectivity index (χ3n) is 2.44. The van der Waals surface area contributed by atoms with E-state index >= 15 is 0 Å². The quantitative estimate of drug-likeness (QED) is 0.798. The van der Waals surface area contributed by atoms with Gasteiger partial charge in [0.15, 0.2) is 14.9 Å². The van der Waals surface area contributed by atoms with Crippen LogP contribution in [0.4, 0.5) is 0 Å². The highest BCUT2D eigenvalue weighted by atomic mass is 79.9. The number of alkyl halides is 1. The Balaban J connectivity index is 2.34. The molecule has 5 heteroatoms. The fourth-order valence-corrected chi connectivity index (χ4v) is 3.99. The first-order chi connectivity index (χ1) is 7.13. The van der Waals surface area contributed by atoms with Gasteiger partial charge >= 0.3 is 0 Å². The molecule has 0 spiro atoms. The van der Waals surface area contributed by atoms with E-state index in [2.05, 4.69) is 20.9 Å². The zero-order valence-electron chi connectivity index (χ0n) is 8.19. The average molecular weight is 290 g/mol. The lowest BCUT2D eigenvalue weighted by atomic mass is 10.3. The van der Waals surface area contributed by atoms with Gasteiger partial charge in [-0.05, 0) is 24.8 Å². The molecule has 0 aromatic carbocycles. The molecule has 1 saturated carbocycles. The lowest BCUT2D eigenvalue weighted by molar-refractivity contribution is 0.587. The molecule has 82 valence electrons. The van der Waals surface area contributed by atoms with Gasteiger partial charge in [-0.1, -0.05) is 22.0 Å². The SMILES string of the molecule is O=S(=O)(CC1CC1)c1ncccc1CBr. The monoisotopic (exact) mass is 289 g/mol. The third-order valence-corrected chi connectivity index (χ3v) is 4.91. The number of sulfone groups is 1. The molecular formula is C10H12BrNO2S. The molecule has 0 radical (unpaired) electrons. The van der Waals surface area contributed by atoms with E-state index in [1.54, 1.807) is 12.1 Å². The van der Waals surface area contributed by atoms with Crippen molar-refractivity contribution < 1.29 is 8.42 Å². The van der Waals surface area contributed by atoms with Crippen molar-refractivity contribution in [3.05, 3.63) is 23.9 Å². The fraction of sp³-hybridized carbons (Fsp3) is 0.500. The lowest BCUT2D eigenvalue weighted by Crippen LogP contribution is -2.12. The summed E-state index contributed by atoms with van der Waals surface area (Å²) >= 11 is 3.28. The number of aromatic nitrogens is 1. The molecule has 1 aliphatic rings. The van der Waals surface area contributed by atoms with Crippen molar-refractivity contribution in [2.24, 2.45) is 5.92 Å². The van der Waals surface area contributed by atoms with E-state index in [0.717, 1.165) is 18.4 Å². The number of pyridine rings is 1. The molecule has 0 saturated heterocycles. The second kappa shape index (κ2) is 4.22. The van der Waals surface area contributed by atoms with E-state index in [1.807, 2.05) is 0 Å². The van der Waals surface area contributed by atoms with Crippen LogP contribution >= 0.6 is 15.9 Å². The third kappa shape index (κ3) is 2.58. The van der Waals surface area contributed by atoms with Gasteiger partial charge in [-0.15, -0.1) is 0 Å². The van der Waals surface area contributed by atoms with Gasteiger partial charge in [-0.2, -0.15) is 0 Å². The minimum absolute atomic E-state index is 0.244. The van der Waals surface area contributed by atoms with E-state index < -0.39 is 9.84 Å². The van der Waals surface area contributed by atoms with E-state index in [1.165, 1.54) is 6.20 Å². The summed E-state index contributed by atoms with van der Waals surface area (Å²) in [5, 5.41) is 0.772. The number of rotatable bonds is 4. The van der Waals surface area contributed by atoms with Crippen LogP contribution in [0.15, 0.2) is 23.4 Å². The Bertz CT molecular complexity index is 454. The van der Waals surface area contributed by atoms with Crippen molar-refractivity contribution in [3.63, 3.8) is 0 Å². The summed E-state index contributed by atoms with van der Waals surface area (Å²) < 4.78 is 24.0. The van der Waals surface area contributed by atoms with Gasteiger partial charge < -0.3 is 0 Å². The predicted molar refractivity (Wildman–Crippen MR) is 61.6 cm³/mol. The standard InChI is InChI=1S/C10H12BrNO2S/c11-6-9-2-1-5-12-10(9)15(13,14)7-8-3-4-8/h1-2,5,8H,3-4,6-7H2. The van der Waals surface area contributed by atoms with Crippen molar-refractivity contribution in [1.82, 2.24) is 4.98 Å². The van der Waals surface area contributed by atoms with Gasteiger partial charge in [-0.3, -0.25) is 0 Å². The summed E-state index contributed by atoms with van der Waals surface area (Å²) in [4.78, 5) is 3.98. The molecule has 0 amide bonds. The van der Waals surface area contributed by atoms with Crippen LogP contribution in [0.3, 0.4) is 0 Å². The number of halogens is 1. The fourth-order valence-electron chi connectivity index (χ4n) is 1.48. The molecule has 1 aliphatic carbocycles. The molecule has 0 N–H and O–H groups in total. The molecule has 0 aliphatic heterocycles. The second-order valence-electron chi connectivity index (χ2n) is 3.83. The maximum Gasteiger partial charge on any atom is 0.196 e. The van der Waals surface area contributed by atoms with Crippen molar-refractivity contribution in [3.8, 4) is 0 Å². The first kappa shape index (κ1) is 11.1. The molecular weight excluding hydrogens is 278 g/mol. The Morgan fingerprint density at radius 3 is 2.80 bits per heavy atom. The first-order valence-electron chi connectivity index (χ1n) is 4.86. The van der Waals surface area contributed by atoms with Crippen molar-refractivity contribution in [2.75, 3.05) is 5.75 Å². The van der Waals surface area contributed by atoms with Crippen LogP contribution < -0.4 is 0 Å². The van der Waals surface area contributed by atoms with Crippen LogP contribution in [-0.2, 0) is 15.2 Å². The summed E-state index contributed by atoms with van der Waals surface area (Å²) in [5.74, 6) is 0.615. The summed E-state index contributed by atoms with van der Waals surface area (Å²) in [7, 11) is -3.18. The molecule has 1 heterocycles. The molecule has 15 heavy (non-hydrogen) atoms. The van der Waals surface area contributed by atoms with Crippen LogP contribution in [0.1, 0.15) is 18.4 Å². The van der Waals surface area contributed by atoms with Crippen molar-refractivity contribution >= 4 is 25.8 Å².